The van der Waals surface area contributed by atoms with E-state index in [2.05, 4.69) is 20.1 Å². The Morgan fingerprint density at radius 2 is 2.00 bits per heavy atom. The second-order valence-corrected chi connectivity index (χ2v) is 3.67. The number of nitrogens with two attached hydrogens (primary N) is 1. The Kier molecular flexibility index (Phi) is 2.01. The molecule has 3 aromatic heterocycles. The summed E-state index contributed by atoms with van der Waals surface area (Å²) in [4.78, 5) is 12.2. The molecule has 6 nitrogen and oxygen atoms in total. The molecule has 2 N–H and O–H groups in total. The largest absolute Gasteiger partial charge is 0.368 e. The van der Waals surface area contributed by atoms with Crippen molar-refractivity contribution in [3.63, 3.8) is 0 Å². The van der Waals surface area contributed by atoms with Crippen molar-refractivity contribution >= 4 is 17.0 Å². The van der Waals surface area contributed by atoms with Gasteiger partial charge in [0.2, 0.25) is 5.95 Å². The van der Waals surface area contributed by atoms with Crippen LogP contribution >= 0.6 is 0 Å². The Hall–Kier alpha value is -2.50. The predicted molar refractivity (Wildman–Crippen MR) is 63.9 cm³/mol. The first-order chi connectivity index (χ1) is 8.25. The number of hydrogen-bond donors (Lipinski definition) is 1. The van der Waals surface area contributed by atoms with E-state index in [1.54, 1.807) is 23.3 Å². The molecule has 0 atom stereocenters. The number of rotatable bonds is 1. The Bertz CT molecular complexity index is 673. The zero-order chi connectivity index (χ0) is 11.8. The van der Waals surface area contributed by atoms with Crippen molar-refractivity contribution in [2.24, 2.45) is 7.05 Å². The third kappa shape index (κ3) is 1.50. The molecule has 6 heteroatoms. The summed E-state index contributed by atoms with van der Waals surface area (Å²) in [5, 5.41) is 5.31. The average Bonchev–Trinajstić information content (AvgIpc) is 2.68. The van der Waals surface area contributed by atoms with Gasteiger partial charge >= 0.3 is 0 Å². The molecule has 0 saturated heterocycles. The molecule has 3 rings (SSSR count). The van der Waals surface area contributed by atoms with Crippen LogP contribution in [0.15, 0.2) is 30.7 Å². The summed E-state index contributed by atoms with van der Waals surface area (Å²) in [6.45, 7) is 0. The second-order valence-electron chi connectivity index (χ2n) is 3.67. The summed E-state index contributed by atoms with van der Waals surface area (Å²) in [5.74, 6) is 0.252. The van der Waals surface area contributed by atoms with Crippen molar-refractivity contribution in [1.82, 2.24) is 24.7 Å². The maximum Gasteiger partial charge on any atom is 0.222 e. The molecule has 0 aliphatic heterocycles. The van der Waals surface area contributed by atoms with Gasteiger partial charge in [0, 0.05) is 31.2 Å². The van der Waals surface area contributed by atoms with E-state index in [0.29, 0.717) is 0 Å². The molecule has 0 bridgehead atoms. The zero-order valence-electron chi connectivity index (χ0n) is 9.20. The average molecular weight is 226 g/mol. The fourth-order valence-electron chi connectivity index (χ4n) is 1.77. The second kappa shape index (κ2) is 3.51. The predicted octanol–water partition coefficient (Wildman–Crippen LogP) is 1.01. The number of pyridine rings is 1. The van der Waals surface area contributed by atoms with Gasteiger partial charge in [0.15, 0.2) is 5.65 Å². The fourth-order valence-corrected chi connectivity index (χ4v) is 1.77. The molecular formula is C11H10N6. The first kappa shape index (κ1) is 9.71. The number of hydrogen-bond acceptors (Lipinski definition) is 5. The van der Waals surface area contributed by atoms with Gasteiger partial charge in [-0.1, -0.05) is 0 Å². The van der Waals surface area contributed by atoms with Crippen LogP contribution in [0.5, 0.6) is 0 Å². The molecule has 0 saturated carbocycles. The van der Waals surface area contributed by atoms with Crippen LogP contribution in [0.2, 0.25) is 0 Å². The van der Waals surface area contributed by atoms with E-state index in [-0.39, 0.29) is 5.95 Å². The van der Waals surface area contributed by atoms with Gasteiger partial charge in [-0.2, -0.15) is 10.1 Å². The van der Waals surface area contributed by atoms with Gasteiger partial charge in [-0.05, 0) is 12.1 Å². The molecule has 0 spiro atoms. The molecular weight excluding hydrogens is 216 g/mol. The Labute approximate surface area is 97.1 Å². The van der Waals surface area contributed by atoms with Crippen LogP contribution in [0.3, 0.4) is 0 Å². The molecule has 3 aromatic rings. The standard InChI is InChI=1S/C11H10N6/c1-17-10-8(6-14-11(12)15-10)9(16-17)7-2-4-13-5-3-7/h2-6H,1H3,(H2,12,14,15). The lowest BCUT2D eigenvalue weighted by Gasteiger charge is -1.95. The van der Waals surface area contributed by atoms with Crippen LogP contribution in [0.4, 0.5) is 5.95 Å². The lowest BCUT2D eigenvalue weighted by atomic mass is 10.1. The number of nitrogen functional groups attached to an aromatic ring is 1. The van der Waals surface area contributed by atoms with Gasteiger partial charge in [-0.15, -0.1) is 0 Å². The topological polar surface area (TPSA) is 82.5 Å². The van der Waals surface area contributed by atoms with Gasteiger partial charge in [-0.25, -0.2) is 9.67 Å². The minimum absolute atomic E-state index is 0.252. The highest BCUT2D eigenvalue weighted by molar-refractivity contribution is 5.90. The highest BCUT2D eigenvalue weighted by Crippen LogP contribution is 2.25. The quantitative estimate of drug-likeness (QED) is 0.669. The van der Waals surface area contributed by atoms with Crippen molar-refractivity contribution in [2.45, 2.75) is 0 Å². The van der Waals surface area contributed by atoms with Gasteiger partial charge in [0.1, 0.15) is 5.69 Å². The molecule has 0 radical (unpaired) electrons. The summed E-state index contributed by atoms with van der Waals surface area (Å²) in [6.07, 6.45) is 5.16. The summed E-state index contributed by atoms with van der Waals surface area (Å²) < 4.78 is 1.70. The van der Waals surface area contributed by atoms with Crippen LogP contribution in [-0.4, -0.2) is 24.7 Å². The molecule has 0 amide bonds. The van der Waals surface area contributed by atoms with E-state index >= 15 is 0 Å². The fraction of sp³-hybridized carbons (Fsp3) is 0.0909. The van der Waals surface area contributed by atoms with Crippen molar-refractivity contribution in [3.05, 3.63) is 30.7 Å². The molecule has 0 unspecified atom stereocenters. The lowest BCUT2D eigenvalue weighted by Crippen LogP contribution is -1.97. The van der Waals surface area contributed by atoms with Crippen molar-refractivity contribution < 1.29 is 0 Å². The van der Waals surface area contributed by atoms with Crippen molar-refractivity contribution in [1.29, 1.82) is 0 Å². The van der Waals surface area contributed by atoms with Crippen LogP contribution in [0, 0.1) is 0 Å². The third-order valence-corrected chi connectivity index (χ3v) is 2.55. The SMILES string of the molecule is Cn1nc(-c2ccncc2)c2cnc(N)nc21. The molecule has 84 valence electrons. The Morgan fingerprint density at radius 3 is 2.76 bits per heavy atom. The van der Waals surface area contributed by atoms with Gasteiger partial charge < -0.3 is 5.73 Å². The van der Waals surface area contributed by atoms with E-state index in [0.717, 1.165) is 22.3 Å². The minimum Gasteiger partial charge on any atom is -0.368 e. The molecule has 3 heterocycles. The van der Waals surface area contributed by atoms with E-state index in [4.69, 9.17) is 5.73 Å². The van der Waals surface area contributed by atoms with Crippen molar-refractivity contribution in [3.8, 4) is 11.3 Å². The van der Waals surface area contributed by atoms with Crippen LogP contribution < -0.4 is 5.73 Å². The third-order valence-electron chi connectivity index (χ3n) is 2.55. The van der Waals surface area contributed by atoms with Crippen LogP contribution in [0.1, 0.15) is 0 Å². The first-order valence-electron chi connectivity index (χ1n) is 5.11. The Morgan fingerprint density at radius 1 is 1.24 bits per heavy atom. The van der Waals surface area contributed by atoms with Gasteiger partial charge in [-0.3, -0.25) is 4.98 Å². The maximum absolute atomic E-state index is 5.57. The van der Waals surface area contributed by atoms with Gasteiger partial charge in [0.05, 0.1) is 5.39 Å². The van der Waals surface area contributed by atoms with E-state index < -0.39 is 0 Å². The molecule has 0 aromatic carbocycles. The zero-order valence-corrected chi connectivity index (χ0v) is 9.20. The van der Waals surface area contributed by atoms with E-state index in [1.165, 1.54) is 0 Å². The normalized spacial score (nSPS) is 10.9. The summed E-state index contributed by atoms with van der Waals surface area (Å²) in [7, 11) is 1.83. The summed E-state index contributed by atoms with van der Waals surface area (Å²) in [5.41, 5.74) is 8.12. The number of nitrogens with zero attached hydrogens (tertiary/aromatic N) is 5. The summed E-state index contributed by atoms with van der Waals surface area (Å²) in [6, 6.07) is 3.80. The highest BCUT2D eigenvalue weighted by atomic mass is 15.3. The minimum atomic E-state index is 0.252. The van der Waals surface area contributed by atoms with E-state index in [1.807, 2.05) is 19.2 Å². The lowest BCUT2D eigenvalue weighted by molar-refractivity contribution is 0.789. The van der Waals surface area contributed by atoms with Crippen LogP contribution in [-0.2, 0) is 7.05 Å². The smallest absolute Gasteiger partial charge is 0.222 e. The Balaban J connectivity index is 2.32. The molecule has 0 fully saturated rings. The number of aromatic nitrogens is 5. The van der Waals surface area contributed by atoms with Gasteiger partial charge in [0.25, 0.3) is 0 Å². The number of anilines is 1. The summed E-state index contributed by atoms with van der Waals surface area (Å²) >= 11 is 0. The number of fused-ring (bicyclic) bond motifs is 1. The van der Waals surface area contributed by atoms with Crippen LogP contribution in [0.25, 0.3) is 22.3 Å². The molecule has 0 aliphatic rings. The highest BCUT2D eigenvalue weighted by Gasteiger charge is 2.12. The van der Waals surface area contributed by atoms with Crippen molar-refractivity contribution in [2.75, 3.05) is 5.73 Å². The number of aryl methyl sites for hydroxylation is 1. The maximum atomic E-state index is 5.57. The molecule has 17 heavy (non-hydrogen) atoms. The monoisotopic (exact) mass is 226 g/mol. The van der Waals surface area contributed by atoms with E-state index in [9.17, 15) is 0 Å². The first-order valence-corrected chi connectivity index (χ1v) is 5.11. The molecule has 0 aliphatic carbocycles.